The summed E-state index contributed by atoms with van der Waals surface area (Å²) in [7, 11) is 0. The second-order valence-electron chi connectivity index (χ2n) is 7.25. The Hall–Kier alpha value is -3.66. The molecule has 2 aromatic carbocycles. The molecule has 0 fully saturated rings. The summed E-state index contributed by atoms with van der Waals surface area (Å²) >= 11 is 0. The minimum absolute atomic E-state index is 0.00726. The minimum atomic E-state index is -4.59. The molecule has 5 nitrogen and oxygen atoms in total. The number of alkyl halides is 3. The maximum Gasteiger partial charge on any atom is 0.420 e. The van der Waals surface area contributed by atoms with E-state index in [4.69, 9.17) is 10.5 Å². The van der Waals surface area contributed by atoms with Crippen molar-refractivity contribution in [3.63, 3.8) is 0 Å². The third-order valence-electron chi connectivity index (χ3n) is 5.16. The second kappa shape index (κ2) is 9.07. The van der Waals surface area contributed by atoms with Crippen molar-refractivity contribution in [1.29, 1.82) is 0 Å². The number of nitrogens with two attached hydrogens (primary N) is 1. The van der Waals surface area contributed by atoms with Gasteiger partial charge in [-0.05, 0) is 48.9 Å². The number of aromatic nitrogens is 3. The number of nitrogens with zero attached hydrogens (tertiary/aromatic N) is 3. The average molecular weight is 460 g/mol. The van der Waals surface area contributed by atoms with Crippen molar-refractivity contribution in [1.82, 2.24) is 15.0 Å². The van der Waals surface area contributed by atoms with Crippen molar-refractivity contribution < 1.29 is 26.7 Å². The molecule has 0 aliphatic rings. The molecule has 0 amide bonds. The van der Waals surface area contributed by atoms with Gasteiger partial charge in [0.15, 0.2) is 5.75 Å². The van der Waals surface area contributed by atoms with Gasteiger partial charge in [-0.1, -0.05) is 12.1 Å². The van der Waals surface area contributed by atoms with E-state index in [1.807, 2.05) is 0 Å². The quantitative estimate of drug-likeness (QED) is 0.390. The number of pyridine rings is 1. The molecule has 1 unspecified atom stereocenters. The van der Waals surface area contributed by atoms with E-state index in [0.29, 0.717) is 5.69 Å². The summed E-state index contributed by atoms with van der Waals surface area (Å²) in [5, 5.41) is -0.00726. The van der Waals surface area contributed by atoms with Crippen LogP contribution in [0.3, 0.4) is 0 Å². The van der Waals surface area contributed by atoms with Crippen LogP contribution in [0.5, 0.6) is 11.5 Å². The zero-order valence-electron chi connectivity index (χ0n) is 17.0. The Kier molecular flexibility index (Phi) is 6.19. The molecule has 0 aliphatic heterocycles. The molecule has 2 aromatic heterocycles. The Morgan fingerprint density at radius 1 is 0.939 bits per heavy atom. The first-order valence-corrected chi connectivity index (χ1v) is 9.84. The van der Waals surface area contributed by atoms with Gasteiger partial charge >= 0.3 is 6.18 Å². The summed E-state index contributed by atoms with van der Waals surface area (Å²) in [5.74, 6) is -1.86. The molecule has 33 heavy (non-hydrogen) atoms. The zero-order valence-corrected chi connectivity index (χ0v) is 17.0. The molecule has 4 aromatic rings. The number of rotatable bonds is 6. The Morgan fingerprint density at radius 3 is 2.36 bits per heavy atom. The molecule has 2 N–H and O–H groups in total. The van der Waals surface area contributed by atoms with E-state index >= 15 is 0 Å². The lowest BCUT2D eigenvalue weighted by Crippen LogP contribution is -2.16. The molecule has 0 spiro atoms. The van der Waals surface area contributed by atoms with Crippen LogP contribution in [0.2, 0.25) is 0 Å². The van der Waals surface area contributed by atoms with Gasteiger partial charge in [0.2, 0.25) is 0 Å². The molecule has 0 bridgehead atoms. The first kappa shape index (κ1) is 22.5. The van der Waals surface area contributed by atoms with Crippen LogP contribution in [0.15, 0.2) is 61.2 Å². The highest BCUT2D eigenvalue weighted by atomic mass is 19.4. The van der Waals surface area contributed by atoms with Gasteiger partial charge in [-0.3, -0.25) is 4.98 Å². The molecule has 0 saturated heterocycles. The highest BCUT2D eigenvalue weighted by Gasteiger charge is 2.34. The Balaban J connectivity index is 1.58. The molecular weight excluding hydrogens is 443 g/mol. The van der Waals surface area contributed by atoms with Crippen LogP contribution in [0.1, 0.15) is 22.7 Å². The van der Waals surface area contributed by atoms with Gasteiger partial charge in [0.1, 0.15) is 34.8 Å². The monoisotopic (exact) mass is 460 g/mol. The Morgan fingerprint density at radius 2 is 1.67 bits per heavy atom. The van der Waals surface area contributed by atoms with Crippen molar-refractivity contribution >= 4 is 10.9 Å². The largest absolute Gasteiger partial charge is 0.455 e. The molecule has 10 heteroatoms. The first-order chi connectivity index (χ1) is 15.8. The summed E-state index contributed by atoms with van der Waals surface area (Å²) in [4.78, 5) is 11.6. The highest BCUT2D eigenvalue weighted by Crippen LogP contribution is 2.37. The van der Waals surface area contributed by atoms with Gasteiger partial charge in [-0.2, -0.15) is 13.2 Å². The smallest absolute Gasteiger partial charge is 0.420 e. The number of hydrogen-bond donors (Lipinski definition) is 1. The van der Waals surface area contributed by atoms with E-state index in [0.717, 1.165) is 42.5 Å². The van der Waals surface area contributed by atoms with Gasteiger partial charge in [0.25, 0.3) is 0 Å². The fourth-order valence-corrected chi connectivity index (χ4v) is 3.52. The summed E-state index contributed by atoms with van der Waals surface area (Å²) in [6.45, 7) is 0.170. The van der Waals surface area contributed by atoms with Crippen LogP contribution >= 0.6 is 0 Å². The maximum absolute atomic E-state index is 14.4. The maximum atomic E-state index is 14.4. The lowest BCUT2D eigenvalue weighted by atomic mass is 9.92. The lowest BCUT2D eigenvalue weighted by Gasteiger charge is -2.17. The first-order valence-electron chi connectivity index (χ1n) is 9.84. The third kappa shape index (κ3) is 4.75. The van der Waals surface area contributed by atoms with Crippen molar-refractivity contribution in [3.05, 3.63) is 89.6 Å². The summed E-state index contributed by atoms with van der Waals surface area (Å²) in [6.07, 6.45) is -1.19. The van der Waals surface area contributed by atoms with Crippen molar-refractivity contribution in [3.8, 4) is 11.5 Å². The molecule has 2 heterocycles. The number of ether oxygens (including phenoxy) is 1. The van der Waals surface area contributed by atoms with Gasteiger partial charge in [-0.25, -0.2) is 18.7 Å². The normalized spacial score (nSPS) is 12.7. The average Bonchev–Trinajstić information content (AvgIpc) is 2.80. The van der Waals surface area contributed by atoms with Crippen LogP contribution in [-0.4, -0.2) is 21.5 Å². The van der Waals surface area contributed by atoms with Crippen LogP contribution in [0.4, 0.5) is 22.0 Å². The fraction of sp³-hybridized carbons (Fsp3) is 0.174. The minimum Gasteiger partial charge on any atom is -0.455 e. The van der Waals surface area contributed by atoms with E-state index in [1.165, 1.54) is 12.1 Å². The number of fused-ring (bicyclic) bond motifs is 1. The van der Waals surface area contributed by atoms with E-state index in [1.54, 1.807) is 12.1 Å². The lowest BCUT2D eigenvalue weighted by molar-refractivity contribution is -0.138. The van der Waals surface area contributed by atoms with Crippen LogP contribution in [-0.2, 0) is 12.6 Å². The predicted octanol–water partition coefficient (Wildman–Crippen LogP) is 5.40. The number of halogens is 5. The van der Waals surface area contributed by atoms with Crippen LogP contribution in [0.25, 0.3) is 10.9 Å². The topological polar surface area (TPSA) is 73.9 Å². The van der Waals surface area contributed by atoms with E-state index in [9.17, 15) is 22.0 Å². The molecule has 0 saturated carbocycles. The Bertz CT molecular complexity index is 1280. The molecule has 0 aliphatic carbocycles. The van der Waals surface area contributed by atoms with Gasteiger partial charge in [0.05, 0.1) is 17.3 Å². The fourth-order valence-electron chi connectivity index (χ4n) is 3.52. The summed E-state index contributed by atoms with van der Waals surface area (Å²) in [6, 6.07) is 9.16. The van der Waals surface area contributed by atoms with E-state index < -0.39 is 29.1 Å². The molecule has 4 rings (SSSR count). The van der Waals surface area contributed by atoms with Crippen molar-refractivity contribution in [2.24, 2.45) is 5.73 Å². The number of benzene rings is 2. The molecular formula is C23H17F5N4O. The second-order valence-corrected chi connectivity index (χ2v) is 7.25. The molecule has 170 valence electrons. The molecule has 1 atom stereocenters. The highest BCUT2D eigenvalue weighted by molar-refractivity contribution is 5.82. The van der Waals surface area contributed by atoms with E-state index in [2.05, 4.69) is 15.0 Å². The molecule has 0 radical (unpaired) electrons. The predicted molar refractivity (Wildman–Crippen MR) is 111 cm³/mol. The van der Waals surface area contributed by atoms with Gasteiger partial charge in [-0.15, -0.1) is 0 Å². The van der Waals surface area contributed by atoms with Crippen LogP contribution < -0.4 is 10.5 Å². The van der Waals surface area contributed by atoms with Crippen LogP contribution in [0, 0.1) is 11.6 Å². The van der Waals surface area contributed by atoms with Crippen molar-refractivity contribution in [2.75, 3.05) is 6.54 Å². The Labute approximate surface area is 185 Å². The third-order valence-corrected chi connectivity index (χ3v) is 5.16. The summed E-state index contributed by atoms with van der Waals surface area (Å²) < 4.78 is 73.3. The van der Waals surface area contributed by atoms with Crippen molar-refractivity contribution in [2.45, 2.75) is 18.5 Å². The summed E-state index contributed by atoms with van der Waals surface area (Å²) in [5.41, 5.74) is 5.90. The zero-order chi connectivity index (χ0) is 23.6. The number of hydrogen-bond acceptors (Lipinski definition) is 5. The van der Waals surface area contributed by atoms with Gasteiger partial charge in [0, 0.05) is 12.1 Å². The SMILES string of the molecule is NCC(Cc1ncnc2c(F)ccc(F)c12)c1ccc(Oc2cnccc2C(F)(F)F)cc1. The van der Waals surface area contributed by atoms with E-state index in [-0.39, 0.29) is 35.5 Å². The standard InChI is InChI=1S/C23H17F5N4O/c24-17-5-6-18(25)22-21(17)19(31-12-32-22)9-14(10-29)13-1-3-15(4-2-13)33-20-11-30-8-7-16(20)23(26,27)28/h1-8,11-12,14H,9-10,29H2. The van der Waals surface area contributed by atoms with Gasteiger partial charge < -0.3 is 10.5 Å².